The molecule has 1 N–H and O–H groups in total. The molecule has 1 saturated carbocycles. The standard InChI is InChI=1S/C17H24F3NO6/c1-10(27-11(2)22)16(15(24)25)6-3-13(9-16)21(14(23)17(18,19)20)12-4-7-26-8-5-12/h10,12-13H,3-9H2,1-2H3,(H,24,25)/t10?,13?,16-/m0/s1. The van der Waals surface area contributed by atoms with E-state index in [9.17, 15) is 32.7 Å². The first-order valence-electron chi connectivity index (χ1n) is 8.87. The summed E-state index contributed by atoms with van der Waals surface area (Å²) in [5.74, 6) is -3.87. The van der Waals surface area contributed by atoms with Gasteiger partial charge in [-0.1, -0.05) is 0 Å². The lowest BCUT2D eigenvalue weighted by Gasteiger charge is -2.40. The molecule has 1 saturated heterocycles. The lowest BCUT2D eigenvalue weighted by Crippen LogP contribution is -2.54. The molecular formula is C17H24F3NO6. The number of carbonyl (C=O) groups excluding carboxylic acids is 2. The third-order valence-corrected chi connectivity index (χ3v) is 5.53. The summed E-state index contributed by atoms with van der Waals surface area (Å²) in [4.78, 5) is 36.1. The zero-order chi connectivity index (χ0) is 20.4. The Hall–Kier alpha value is -1.84. The summed E-state index contributed by atoms with van der Waals surface area (Å²) in [5.41, 5.74) is -1.52. The van der Waals surface area contributed by atoms with Gasteiger partial charge in [-0.25, -0.2) is 0 Å². The Morgan fingerprint density at radius 2 is 1.78 bits per heavy atom. The molecule has 2 rings (SSSR count). The summed E-state index contributed by atoms with van der Waals surface area (Å²) < 4.78 is 49.7. The first-order valence-corrected chi connectivity index (χ1v) is 8.87. The van der Waals surface area contributed by atoms with Gasteiger partial charge in [0.1, 0.15) is 11.5 Å². The van der Waals surface area contributed by atoms with Crippen LogP contribution in [0.15, 0.2) is 0 Å². The molecule has 0 spiro atoms. The van der Waals surface area contributed by atoms with Crippen molar-refractivity contribution in [2.75, 3.05) is 13.2 Å². The summed E-state index contributed by atoms with van der Waals surface area (Å²) in [5, 5.41) is 9.72. The molecule has 1 amide bonds. The van der Waals surface area contributed by atoms with Crippen LogP contribution < -0.4 is 0 Å². The maximum Gasteiger partial charge on any atom is 0.471 e. The van der Waals surface area contributed by atoms with Crippen molar-refractivity contribution in [3.8, 4) is 0 Å². The van der Waals surface area contributed by atoms with Crippen LogP contribution >= 0.6 is 0 Å². The molecule has 2 fully saturated rings. The van der Waals surface area contributed by atoms with Crippen molar-refractivity contribution in [3.05, 3.63) is 0 Å². The molecule has 27 heavy (non-hydrogen) atoms. The van der Waals surface area contributed by atoms with E-state index in [2.05, 4.69) is 0 Å². The topological polar surface area (TPSA) is 93.1 Å². The fraction of sp³-hybridized carbons (Fsp3) is 0.824. The van der Waals surface area contributed by atoms with E-state index in [1.165, 1.54) is 6.92 Å². The second-order valence-corrected chi connectivity index (χ2v) is 7.16. The monoisotopic (exact) mass is 395 g/mol. The molecule has 0 aromatic heterocycles. The van der Waals surface area contributed by atoms with Crippen molar-refractivity contribution < 1.29 is 42.1 Å². The summed E-state index contributed by atoms with van der Waals surface area (Å²) in [6.45, 7) is 3.04. The fourth-order valence-electron chi connectivity index (χ4n) is 4.12. The molecule has 1 aliphatic carbocycles. The van der Waals surface area contributed by atoms with Gasteiger partial charge >= 0.3 is 24.0 Å². The Balaban J connectivity index is 2.30. The van der Waals surface area contributed by atoms with Crippen molar-refractivity contribution in [2.45, 2.75) is 70.3 Å². The normalized spacial score (nSPS) is 27.8. The number of amides is 1. The van der Waals surface area contributed by atoms with Gasteiger partial charge in [-0.3, -0.25) is 14.4 Å². The van der Waals surface area contributed by atoms with Gasteiger partial charge in [-0.2, -0.15) is 13.2 Å². The van der Waals surface area contributed by atoms with Gasteiger partial charge in [-0.15, -0.1) is 0 Å². The first-order chi connectivity index (χ1) is 12.5. The summed E-state index contributed by atoms with van der Waals surface area (Å²) >= 11 is 0. The number of halogens is 3. The van der Waals surface area contributed by atoms with E-state index in [-0.39, 0.29) is 45.3 Å². The number of carbonyl (C=O) groups is 3. The van der Waals surface area contributed by atoms with Crippen LogP contribution in [-0.4, -0.2) is 65.4 Å². The van der Waals surface area contributed by atoms with E-state index < -0.39 is 47.6 Å². The SMILES string of the molecule is CC(=O)OC(C)[C@]1(C(=O)O)CCC(N(C(=O)C(F)(F)F)C2CCOCC2)C1. The number of carboxylic acids is 1. The van der Waals surface area contributed by atoms with Crippen LogP contribution in [0.4, 0.5) is 13.2 Å². The molecule has 3 atom stereocenters. The molecule has 1 heterocycles. The average Bonchev–Trinajstić information content (AvgIpc) is 3.01. The molecule has 7 nitrogen and oxygen atoms in total. The van der Waals surface area contributed by atoms with E-state index in [1.54, 1.807) is 0 Å². The molecule has 2 aliphatic rings. The molecule has 0 radical (unpaired) electrons. The first kappa shape index (κ1) is 21.5. The van der Waals surface area contributed by atoms with Gasteiger partial charge in [0.15, 0.2) is 0 Å². The van der Waals surface area contributed by atoms with E-state index in [0.29, 0.717) is 0 Å². The van der Waals surface area contributed by atoms with Crippen LogP contribution in [0.5, 0.6) is 0 Å². The highest BCUT2D eigenvalue weighted by Crippen LogP contribution is 2.46. The number of rotatable bonds is 5. The second-order valence-electron chi connectivity index (χ2n) is 7.16. The minimum absolute atomic E-state index is 0.0201. The Morgan fingerprint density at radius 3 is 2.26 bits per heavy atom. The third-order valence-electron chi connectivity index (χ3n) is 5.53. The molecule has 0 aromatic rings. The number of nitrogens with zero attached hydrogens (tertiary/aromatic N) is 1. The van der Waals surface area contributed by atoms with Crippen molar-refractivity contribution in [1.82, 2.24) is 4.90 Å². The fourth-order valence-corrected chi connectivity index (χ4v) is 4.12. The maximum absolute atomic E-state index is 13.2. The van der Waals surface area contributed by atoms with Crippen molar-refractivity contribution in [3.63, 3.8) is 0 Å². The molecule has 154 valence electrons. The summed E-state index contributed by atoms with van der Waals surface area (Å²) in [6.07, 6.45) is -5.63. The molecule has 0 aromatic carbocycles. The minimum Gasteiger partial charge on any atom is -0.481 e. The van der Waals surface area contributed by atoms with Crippen molar-refractivity contribution in [1.29, 1.82) is 0 Å². The summed E-state index contributed by atoms with van der Waals surface area (Å²) in [6, 6.07) is -1.55. The van der Waals surface area contributed by atoms with Gasteiger partial charge in [-0.05, 0) is 39.0 Å². The van der Waals surface area contributed by atoms with E-state index >= 15 is 0 Å². The molecular weight excluding hydrogens is 371 g/mol. The number of hydrogen-bond donors (Lipinski definition) is 1. The Labute approximate surface area is 154 Å². The Kier molecular flexibility index (Phi) is 6.39. The van der Waals surface area contributed by atoms with Gasteiger partial charge in [0, 0.05) is 32.2 Å². The predicted octanol–water partition coefficient (Wildman–Crippen LogP) is 2.13. The highest BCUT2D eigenvalue weighted by atomic mass is 19.4. The Bertz CT molecular complexity index is 590. The van der Waals surface area contributed by atoms with E-state index in [0.717, 1.165) is 11.8 Å². The average molecular weight is 395 g/mol. The number of hydrogen-bond acceptors (Lipinski definition) is 5. The van der Waals surface area contributed by atoms with Gasteiger partial charge in [0.05, 0.1) is 0 Å². The third kappa shape index (κ3) is 4.53. The highest BCUT2D eigenvalue weighted by molar-refractivity contribution is 5.83. The minimum atomic E-state index is -5.05. The smallest absolute Gasteiger partial charge is 0.471 e. The zero-order valence-corrected chi connectivity index (χ0v) is 15.3. The number of carboxylic acid groups (broad SMARTS) is 1. The summed E-state index contributed by atoms with van der Waals surface area (Å²) in [7, 11) is 0. The van der Waals surface area contributed by atoms with E-state index in [4.69, 9.17) is 9.47 Å². The van der Waals surface area contributed by atoms with Gasteiger partial charge in [0.25, 0.3) is 0 Å². The largest absolute Gasteiger partial charge is 0.481 e. The quantitative estimate of drug-likeness (QED) is 0.717. The molecule has 10 heteroatoms. The number of aliphatic carboxylic acids is 1. The number of ether oxygens (including phenoxy) is 2. The lowest BCUT2D eigenvalue weighted by molar-refractivity contribution is -0.193. The van der Waals surface area contributed by atoms with Gasteiger partial charge < -0.3 is 19.5 Å². The van der Waals surface area contributed by atoms with Crippen LogP contribution in [0, 0.1) is 5.41 Å². The predicted molar refractivity (Wildman–Crippen MR) is 85.7 cm³/mol. The zero-order valence-electron chi connectivity index (χ0n) is 15.3. The lowest BCUT2D eigenvalue weighted by atomic mass is 9.80. The number of alkyl halides is 3. The van der Waals surface area contributed by atoms with Crippen LogP contribution in [0.3, 0.4) is 0 Å². The van der Waals surface area contributed by atoms with E-state index in [1.807, 2.05) is 0 Å². The molecule has 0 bridgehead atoms. The van der Waals surface area contributed by atoms with Crippen LogP contribution in [0.2, 0.25) is 0 Å². The molecule has 1 aliphatic heterocycles. The molecule has 2 unspecified atom stereocenters. The van der Waals surface area contributed by atoms with Crippen LogP contribution in [-0.2, 0) is 23.9 Å². The maximum atomic E-state index is 13.2. The van der Waals surface area contributed by atoms with Crippen LogP contribution in [0.25, 0.3) is 0 Å². The van der Waals surface area contributed by atoms with Crippen LogP contribution in [0.1, 0.15) is 46.0 Å². The number of esters is 1. The van der Waals surface area contributed by atoms with Crippen molar-refractivity contribution >= 4 is 17.8 Å². The second kappa shape index (κ2) is 8.04. The van der Waals surface area contributed by atoms with Crippen molar-refractivity contribution in [2.24, 2.45) is 5.41 Å². The Morgan fingerprint density at radius 1 is 1.19 bits per heavy atom. The highest BCUT2D eigenvalue weighted by Gasteiger charge is 2.56. The van der Waals surface area contributed by atoms with Gasteiger partial charge in [0.2, 0.25) is 0 Å².